The summed E-state index contributed by atoms with van der Waals surface area (Å²) in [6.07, 6.45) is -0.392. The molecule has 2 N–H and O–H groups in total. The third kappa shape index (κ3) is 5.59. The Hall–Kier alpha value is -0.950. The third-order valence-corrected chi connectivity index (χ3v) is 3.88. The van der Waals surface area contributed by atoms with Crippen LogP contribution in [-0.2, 0) is 14.8 Å². The number of nitrogens with one attached hydrogen (secondary N) is 1. The summed E-state index contributed by atoms with van der Waals surface area (Å²) < 4.78 is 30.3. The fourth-order valence-electron chi connectivity index (χ4n) is 1.46. The van der Waals surface area contributed by atoms with Crippen molar-refractivity contribution in [3.05, 3.63) is 35.9 Å². The summed E-state index contributed by atoms with van der Waals surface area (Å²) in [7, 11) is -1.82. The molecule has 6 heteroatoms. The Morgan fingerprint density at radius 3 is 2.61 bits per heavy atom. The van der Waals surface area contributed by atoms with Crippen LogP contribution >= 0.6 is 0 Å². The summed E-state index contributed by atoms with van der Waals surface area (Å²) in [5, 5.41) is 9.80. The number of methoxy groups -OCH3 is 1. The van der Waals surface area contributed by atoms with E-state index in [-0.39, 0.29) is 12.3 Å². The van der Waals surface area contributed by atoms with Gasteiger partial charge in [0.2, 0.25) is 10.0 Å². The number of sulfonamides is 1. The smallest absolute Gasteiger partial charge is 0.211 e. The number of benzene rings is 1. The van der Waals surface area contributed by atoms with E-state index in [1.807, 2.05) is 6.07 Å². The van der Waals surface area contributed by atoms with Gasteiger partial charge in [-0.05, 0) is 12.0 Å². The van der Waals surface area contributed by atoms with Gasteiger partial charge < -0.3 is 9.84 Å². The number of hydrogen-bond donors (Lipinski definition) is 2. The van der Waals surface area contributed by atoms with Gasteiger partial charge in [-0.25, -0.2) is 13.1 Å². The first kappa shape index (κ1) is 15.1. The van der Waals surface area contributed by atoms with Crippen molar-refractivity contribution in [1.82, 2.24) is 4.72 Å². The largest absolute Gasteiger partial charge is 0.387 e. The number of rotatable bonds is 8. The molecule has 102 valence electrons. The van der Waals surface area contributed by atoms with Gasteiger partial charge in [0.05, 0.1) is 11.9 Å². The molecule has 18 heavy (non-hydrogen) atoms. The van der Waals surface area contributed by atoms with Crippen LogP contribution in [0, 0.1) is 0 Å². The lowest BCUT2D eigenvalue weighted by Gasteiger charge is -2.12. The highest BCUT2D eigenvalue weighted by atomic mass is 32.2. The van der Waals surface area contributed by atoms with E-state index < -0.39 is 16.1 Å². The molecule has 0 saturated carbocycles. The second-order valence-electron chi connectivity index (χ2n) is 3.94. The highest BCUT2D eigenvalue weighted by Gasteiger charge is 2.13. The molecule has 0 fully saturated rings. The van der Waals surface area contributed by atoms with E-state index in [1.54, 1.807) is 24.3 Å². The first-order chi connectivity index (χ1) is 8.55. The monoisotopic (exact) mass is 273 g/mol. The van der Waals surface area contributed by atoms with Gasteiger partial charge in [0.25, 0.3) is 0 Å². The van der Waals surface area contributed by atoms with Crippen LogP contribution in [-0.4, -0.2) is 39.5 Å². The van der Waals surface area contributed by atoms with Crippen molar-refractivity contribution in [3.63, 3.8) is 0 Å². The van der Waals surface area contributed by atoms with Crippen molar-refractivity contribution >= 4 is 10.0 Å². The summed E-state index contributed by atoms with van der Waals surface area (Å²) in [6.45, 7) is 0.390. The van der Waals surface area contributed by atoms with Gasteiger partial charge in [-0.3, -0.25) is 0 Å². The normalized spacial score (nSPS) is 13.4. The average molecular weight is 273 g/mol. The molecule has 1 aromatic rings. The van der Waals surface area contributed by atoms with Gasteiger partial charge in [0.15, 0.2) is 0 Å². The van der Waals surface area contributed by atoms with Crippen molar-refractivity contribution in [2.24, 2.45) is 0 Å². The Balaban J connectivity index is 2.40. The standard InChI is InChI=1S/C12H19NO4S/c1-17-8-5-9-18(15,16)13-10-12(14)11-6-3-2-4-7-11/h2-4,6-7,12-14H,5,8-10H2,1H3. The van der Waals surface area contributed by atoms with Gasteiger partial charge in [0.1, 0.15) is 0 Å². The second-order valence-corrected chi connectivity index (χ2v) is 5.87. The molecule has 0 saturated heterocycles. The van der Waals surface area contributed by atoms with Gasteiger partial charge in [0, 0.05) is 20.3 Å². The molecule has 5 nitrogen and oxygen atoms in total. The summed E-state index contributed by atoms with van der Waals surface area (Å²) in [6, 6.07) is 8.94. The molecule has 0 amide bonds. The molecule has 0 heterocycles. The summed E-state index contributed by atoms with van der Waals surface area (Å²) in [5.41, 5.74) is 0.692. The van der Waals surface area contributed by atoms with Crippen LogP contribution in [0.2, 0.25) is 0 Å². The zero-order valence-corrected chi connectivity index (χ0v) is 11.2. The molecule has 0 aromatic heterocycles. The van der Waals surface area contributed by atoms with E-state index in [2.05, 4.69) is 4.72 Å². The van der Waals surface area contributed by atoms with Crippen LogP contribution in [0.15, 0.2) is 30.3 Å². The number of aliphatic hydroxyl groups is 1. The lowest BCUT2D eigenvalue weighted by molar-refractivity contribution is 0.181. The maximum absolute atomic E-state index is 11.6. The first-order valence-electron chi connectivity index (χ1n) is 5.74. The molecular weight excluding hydrogens is 254 g/mol. The van der Waals surface area contributed by atoms with Crippen molar-refractivity contribution in [2.45, 2.75) is 12.5 Å². The van der Waals surface area contributed by atoms with Crippen LogP contribution in [0.5, 0.6) is 0 Å². The van der Waals surface area contributed by atoms with Crippen LogP contribution in [0.1, 0.15) is 18.1 Å². The second kappa shape index (κ2) is 7.48. The van der Waals surface area contributed by atoms with Crippen LogP contribution < -0.4 is 4.72 Å². The minimum atomic E-state index is -3.35. The van der Waals surface area contributed by atoms with Crippen LogP contribution in [0.25, 0.3) is 0 Å². The Kier molecular flexibility index (Phi) is 6.28. The van der Waals surface area contributed by atoms with Gasteiger partial charge >= 0.3 is 0 Å². The van der Waals surface area contributed by atoms with E-state index in [0.29, 0.717) is 18.6 Å². The molecule has 0 bridgehead atoms. The van der Waals surface area contributed by atoms with E-state index >= 15 is 0 Å². The van der Waals surface area contributed by atoms with Gasteiger partial charge in [-0.1, -0.05) is 30.3 Å². The Morgan fingerprint density at radius 1 is 1.33 bits per heavy atom. The first-order valence-corrected chi connectivity index (χ1v) is 7.39. The zero-order valence-electron chi connectivity index (χ0n) is 10.4. The topological polar surface area (TPSA) is 75.6 Å². The average Bonchev–Trinajstić information content (AvgIpc) is 2.37. The molecule has 1 unspecified atom stereocenters. The van der Waals surface area contributed by atoms with E-state index in [0.717, 1.165) is 0 Å². The SMILES string of the molecule is COCCCS(=O)(=O)NCC(O)c1ccccc1. The minimum absolute atomic E-state index is 0.00233. The lowest BCUT2D eigenvalue weighted by Crippen LogP contribution is -2.30. The van der Waals surface area contributed by atoms with Gasteiger partial charge in [-0.2, -0.15) is 0 Å². The van der Waals surface area contributed by atoms with Crippen molar-refractivity contribution in [1.29, 1.82) is 0 Å². The molecule has 0 aliphatic heterocycles. The molecule has 1 atom stereocenters. The van der Waals surface area contributed by atoms with Gasteiger partial charge in [-0.15, -0.1) is 0 Å². The zero-order chi connectivity index (χ0) is 13.4. The summed E-state index contributed by atoms with van der Waals surface area (Å²) in [4.78, 5) is 0. The van der Waals surface area contributed by atoms with Crippen LogP contribution in [0.4, 0.5) is 0 Å². The quantitative estimate of drug-likeness (QED) is 0.683. The molecule has 0 aliphatic carbocycles. The van der Waals surface area contributed by atoms with E-state index in [9.17, 15) is 13.5 Å². The predicted molar refractivity (Wildman–Crippen MR) is 69.7 cm³/mol. The lowest BCUT2D eigenvalue weighted by atomic mass is 10.1. The molecule has 1 rings (SSSR count). The fourth-order valence-corrected chi connectivity index (χ4v) is 2.52. The Morgan fingerprint density at radius 2 is 2.00 bits per heavy atom. The van der Waals surface area contributed by atoms with Crippen molar-refractivity contribution in [3.8, 4) is 0 Å². The predicted octanol–water partition coefficient (Wildman–Crippen LogP) is 0.676. The van der Waals surface area contributed by atoms with E-state index in [4.69, 9.17) is 4.74 Å². The molecular formula is C12H19NO4S. The number of aliphatic hydroxyl groups excluding tert-OH is 1. The third-order valence-electron chi connectivity index (χ3n) is 2.44. The molecule has 0 radical (unpaired) electrons. The van der Waals surface area contributed by atoms with Crippen molar-refractivity contribution < 1.29 is 18.3 Å². The van der Waals surface area contributed by atoms with Crippen molar-refractivity contribution in [2.75, 3.05) is 26.0 Å². The highest BCUT2D eigenvalue weighted by molar-refractivity contribution is 7.89. The minimum Gasteiger partial charge on any atom is -0.387 e. The van der Waals surface area contributed by atoms with E-state index in [1.165, 1.54) is 7.11 Å². The molecule has 0 aliphatic rings. The maximum Gasteiger partial charge on any atom is 0.211 e. The fraction of sp³-hybridized carbons (Fsp3) is 0.500. The Bertz CT molecular complexity index is 433. The number of hydrogen-bond acceptors (Lipinski definition) is 4. The molecule has 1 aromatic carbocycles. The summed E-state index contributed by atoms with van der Waals surface area (Å²) >= 11 is 0. The molecule has 0 spiro atoms. The summed E-state index contributed by atoms with van der Waals surface area (Å²) in [5.74, 6) is 0.00233. The van der Waals surface area contributed by atoms with Crippen LogP contribution in [0.3, 0.4) is 0 Å². The Labute approximate surface area is 108 Å². The number of ether oxygens (including phenoxy) is 1. The maximum atomic E-state index is 11.6. The highest BCUT2D eigenvalue weighted by Crippen LogP contribution is 2.10.